The molecule has 1 aliphatic rings. The molecule has 0 bridgehead atoms. The lowest BCUT2D eigenvalue weighted by Gasteiger charge is -2.29. The number of hydrogen-bond donors (Lipinski definition) is 0. The molecule has 3 aromatic rings. The number of benzene rings is 2. The number of halogens is 4. The molecule has 0 N–H and O–H groups in total. The van der Waals surface area contributed by atoms with Crippen LogP contribution in [0.15, 0.2) is 41.3 Å². The van der Waals surface area contributed by atoms with E-state index in [1.165, 1.54) is 30.0 Å². The van der Waals surface area contributed by atoms with Crippen molar-refractivity contribution < 1.29 is 22.7 Å². The minimum Gasteiger partial charge on any atom is -0.379 e. The lowest BCUT2D eigenvalue weighted by Crippen LogP contribution is -2.43. The number of aromatic nitrogens is 1. The van der Waals surface area contributed by atoms with E-state index in [9.17, 15) is 18.0 Å². The molecule has 0 unspecified atom stereocenters. The van der Waals surface area contributed by atoms with Crippen molar-refractivity contribution in [2.75, 3.05) is 50.0 Å². The summed E-state index contributed by atoms with van der Waals surface area (Å²) in [5, 5.41) is 0.356. The van der Waals surface area contributed by atoms with Gasteiger partial charge in [0.1, 0.15) is 17.2 Å². The number of rotatable bonds is 8. The topological polar surface area (TPSA) is 45.7 Å². The van der Waals surface area contributed by atoms with Crippen molar-refractivity contribution in [2.24, 2.45) is 0 Å². The number of nitrogens with zero attached hydrogens (tertiary/aromatic N) is 3. The first-order chi connectivity index (χ1) is 15.5. The molecule has 0 radical (unpaired) electrons. The maximum absolute atomic E-state index is 14.2. The zero-order valence-electron chi connectivity index (χ0n) is 17.6. The third-order valence-electron chi connectivity index (χ3n) is 5.08. The maximum atomic E-state index is 14.2. The number of ether oxygens (including phenoxy) is 1. The average molecular weight is 518 g/mol. The van der Waals surface area contributed by atoms with Gasteiger partial charge < -0.3 is 4.74 Å². The Morgan fingerprint density at radius 2 is 1.85 bits per heavy atom. The first-order valence-electron chi connectivity index (χ1n) is 10.2. The molecule has 5 nitrogen and oxygen atoms in total. The van der Waals surface area contributed by atoms with Gasteiger partial charge in [0.25, 0.3) is 0 Å². The van der Waals surface area contributed by atoms with Crippen molar-refractivity contribution in [3.8, 4) is 0 Å². The molecule has 1 saturated heterocycles. The molecule has 0 saturated carbocycles. The van der Waals surface area contributed by atoms with E-state index in [1.54, 1.807) is 17.0 Å². The van der Waals surface area contributed by atoms with Gasteiger partial charge in [-0.15, -0.1) is 24.2 Å². The third-order valence-corrected chi connectivity index (χ3v) is 7.11. The van der Waals surface area contributed by atoms with E-state index in [0.717, 1.165) is 35.4 Å². The molecule has 0 aliphatic carbocycles. The molecule has 1 aromatic heterocycles. The van der Waals surface area contributed by atoms with Crippen molar-refractivity contribution >= 4 is 56.8 Å². The van der Waals surface area contributed by atoms with Gasteiger partial charge in [-0.3, -0.25) is 14.6 Å². The number of anilines is 1. The minimum absolute atomic E-state index is 0. The Hall–Kier alpha value is -1.85. The molecule has 2 heterocycles. The van der Waals surface area contributed by atoms with E-state index in [1.807, 2.05) is 0 Å². The Morgan fingerprint density at radius 3 is 2.58 bits per heavy atom. The van der Waals surface area contributed by atoms with E-state index in [-0.39, 0.29) is 36.1 Å². The Labute approximate surface area is 204 Å². The van der Waals surface area contributed by atoms with E-state index in [0.29, 0.717) is 41.9 Å². The summed E-state index contributed by atoms with van der Waals surface area (Å²) in [5.41, 5.74) is 0.0660. The Balaban J connectivity index is 0.00000306. The third kappa shape index (κ3) is 6.83. The van der Waals surface area contributed by atoms with E-state index >= 15 is 0 Å². The number of carbonyl (C=O) groups is 1. The summed E-state index contributed by atoms with van der Waals surface area (Å²) >= 11 is 2.56. The summed E-state index contributed by atoms with van der Waals surface area (Å²) in [6, 6.07) is 8.14. The van der Waals surface area contributed by atoms with Crippen LogP contribution in [-0.2, 0) is 9.53 Å². The number of thioether (sulfide) groups is 1. The quantitative estimate of drug-likeness (QED) is 0.394. The molecule has 178 valence electrons. The van der Waals surface area contributed by atoms with Gasteiger partial charge in [-0.2, -0.15) is 0 Å². The van der Waals surface area contributed by atoms with Crippen LogP contribution in [0.4, 0.5) is 18.3 Å². The lowest BCUT2D eigenvalue weighted by atomic mass is 10.3. The maximum Gasteiger partial charge on any atom is 0.229 e. The number of thiazole rings is 1. The van der Waals surface area contributed by atoms with E-state index < -0.39 is 11.6 Å². The molecular formula is C22H23ClF3N3O2S2. The second kappa shape index (κ2) is 12.0. The highest BCUT2D eigenvalue weighted by molar-refractivity contribution is 7.99. The van der Waals surface area contributed by atoms with E-state index in [4.69, 9.17) is 4.74 Å². The predicted molar refractivity (Wildman–Crippen MR) is 128 cm³/mol. The number of morpholine rings is 1. The fourth-order valence-electron chi connectivity index (χ4n) is 3.38. The van der Waals surface area contributed by atoms with Crippen LogP contribution in [0.25, 0.3) is 10.2 Å². The van der Waals surface area contributed by atoms with Crippen LogP contribution in [0.1, 0.15) is 6.42 Å². The Bertz CT molecular complexity index is 1080. The molecular weight excluding hydrogens is 495 g/mol. The van der Waals surface area contributed by atoms with Gasteiger partial charge in [0.15, 0.2) is 10.9 Å². The van der Waals surface area contributed by atoms with Gasteiger partial charge >= 0.3 is 0 Å². The molecule has 0 atom stereocenters. The van der Waals surface area contributed by atoms with Crippen molar-refractivity contribution in [3.05, 3.63) is 53.8 Å². The molecule has 11 heteroatoms. The summed E-state index contributed by atoms with van der Waals surface area (Å²) in [5.74, 6) is -1.36. The van der Waals surface area contributed by atoms with Crippen molar-refractivity contribution in [1.82, 2.24) is 9.88 Å². The second-order valence-electron chi connectivity index (χ2n) is 7.28. The molecule has 1 fully saturated rings. The SMILES string of the molecule is Cl.O=C(CCSc1ccc(F)cc1)N(CCN1CCOCC1)c1nc2c(F)cc(F)cc2s1. The van der Waals surface area contributed by atoms with Crippen molar-refractivity contribution in [2.45, 2.75) is 11.3 Å². The van der Waals surface area contributed by atoms with Crippen LogP contribution in [0, 0.1) is 17.5 Å². The highest BCUT2D eigenvalue weighted by atomic mass is 35.5. The minimum atomic E-state index is -0.741. The Morgan fingerprint density at radius 1 is 1.12 bits per heavy atom. The van der Waals surface area contributed by atoms with Gasteiger partial charge in [-0.05, 0) is 30.3 Å². The first-order valence-corrected chi connectivity index (χ1v) is 12.0. The molecule has 2 aromatic carbocycles. The monoisotopic (exact) mass is 517 g/mol. The fraction of sp³-hybridized carbons (Fsp3) is 0.364. The van der Waals surface area contributed by atoms with Crippen molar-refractivity contribution in [3.63, 3.8) is 0 Å². The first kappa shape index (κ1) is 25.8. The van der Waals surface area contributed by atoms with Crippen LogP contribution in [0.5, 0.6) is 0 Å². The second-order valence-corrected chi connectivity index (χ2v) is 9.46. The summed E-state index contributed by atoms with van der Waals surface area (Å²) in [6.45, 7) is 3.88. The van der Waals surface area contributed by atoms with Crippen LogP contribution in [0.3, 0.4) is 0 Å². The zero-order chi connectivity index (χ0) is 22.5. The smallest absolute Gasteiger partial charge is 0.229 e. The molecule has 4 rings (SSSR count). The number of fused-ring (bicyclic) bond motifs is 1. The Kier molecular flexibility index (Phi) is 9.39. The van der Waals surface area contributed by atoms with Gasteiger partial charge in [0.2, 0.25) is 5.91 Å². The largest absolute Gasteiger partial charge is 0.379 e. The van der Waals surface area contributed by atoms with E-state index in [2.05, 4.69) is 9.88 Å². The summed E-state index contributed by atoms with van der Waals surface area (Å²) < 4.78 is 46.6. The molecule has 1 amide bonds. The van der Waals surface area contributed by atoms with Gasteiger partial charge in [-0.1, -0.05) is 11.3 Å². The van der Waals surface area contributed by atoms with Gasteiger partial charge in [-0.25, -0.2) is 18.2 Å². The van der Waals surface area contributed by atoms with Crippen LogP contribution < -0.4 is 4.90 Å². The summed E-state index contributed by atoms with van der Waals surface area (Å²) in [4.78, 5) is 22.0. The zero-order valence-corrected chi connectivity index (χ0v) is 20.1. The molecule has 1 aliphatic heterocycles. The average Bonchev–Trinajstić information content (AvgIpc) is 3.20. The summed E-state index contributed by atoms with van der Waals surface area (Å²) in [6.07, 6.45) is 0.234. The summed E-state index contributed by atoms with van der Waals surface area (Å²) in [7, 11) is 0. The van der Waals surface area contributed by atoms with Crippen LogP contribution in [0.2, 0.25) is 0 Å². The normalized spacial score (nSPS) is 14.3. The highest BCUT2D eigenvalue weighted by Crippen LogP contribution is 2.32. The van der Waals surface area contributed by atoms with Crippen molar-refractivity contribution in [1.29, 1.82) is 0 Å². The van der Waals surface area contributed by atoms with Gasteiger partial charge in [0.05, 0.1) is 17.9 Å². The standard InChI is InChI=1S/C22H22F3N3O2S2.ClH/c23-15-1-3-17(4-2-15)31-12-5-20(29)28(7-6-27-8-10-30-11-9-27)22-26-21-18(25)13-16(24)14-19(21)32-22;/h1-4,13-14H,5-12H2;1H. The predicted octanol–water partition coefficient (Wildman–Crippen LogP) is 4.98. The highest BCUT2D eigenvalue weighted by Gasteiger charge is 2.22. The molecule has 33 heavy (non-hydrogen) atoms. The fourth-order valence-corrected chi connectivity index (χ4v) is 5.27. The van der Waals surface area contributed by atoms with Crippen LogP contribution in [-0.4, -0.2) is 60.9 Å². The number of amides is 1. The van der Waals surface area contributed by atoms with Crippen LogP contribution >= 0.6 is 35.5 Å². The van der Waals surface area contributed by atoms with Gasteiger partial charge in [0, 0.05) is 49.3 Å². The molecule has 0 spiro atoms. The number of hydrogen-bond acceptors (Lipinski definition) is 6. The number of carbonyl (C=O) groups excluding carboxylic acids is 1. The lowest BCUT2D eigenvalue weighted by molar-refractivity contribution is -0.118.